The maximum atomic E-state index is 11.9. The second-order valence-corrected chi connectivity index (χ2v) is 5.28. The third-order valence-corrected chi connectivity index (χ3v) is 3.69. The fraction of sp³-hybridized carbons (Fsp3) is 0.0667. The zero-order valence-electron chi connectivity index (χ0n) is 11.2. The molecule has 7 heteroatoms. The number of hydrogen-bond donors (Lipinski definition) is 0. The van der Waals surface area contributed by atoms with Gasteiger partial charge in [-0.2, -0.15) is 5.26 Å². The van der Waals surface area contributed by atoms with E-state index in [1.54, 1.807) is 29.8 Å². The standard InChI is InChI=1S/C15H9N3O3S/c16-8-10-2-1-3-11(6-10)14(20)21-9-12-7-13(19)18-4-5-22-15(18)17-12/h1-7H,9H2. The number of carbonyl (C=O) groups is 1. The molecule has 0 atom stereocenters. The van der Waals surface area contributed by atoms with E-state index in [9.17, 15) is 9.59 Å². The number of nitrogens with zero attached hydrogens (tertiary/aromatic N) is 3. The largest absolute Gasteiger partial charge is 0.456 e. The van der Waals surface area contributed by atoms with E-state index in [2.05, 4.69) is 4.98 Å². The highest BCUT2D eigenvalue weighted by molar-refractivity contribution is 7.15. The summed E-state index contributed by atoms with van der Waals surface area (Å²) in [4.78, 5) is 28.6. The average molecular weight is 311 g/mol. The van der Waals surface area contributed by atoms with Crippen LogP contribution in [0.15, 0.2) is 46.7 Å². The van der Waals surface area contributed by atoms with Crippen molar-refractivity contribution in [3.8, 4) is 6.07 Å². The molecule has 6 nitrogen and oxygen atoms in total. The molecule has 22 heavy (non-hydrogen) atoms. The SMILES string of the molecule is N#Cc1cccc(C(=O)OCc2cc(=O)n3ccsc3n2)c1. The van der Waals surface area contributed by atoms with Crippen LogP contribution >= 0.6 is 11.3 Å². The van der Waals surface area contributed by atoms with E-state index in [1.165, 1.54) is 27.9 Å². The molecule has 0 amide bonds. The predicted molar refractivity (Wildman–Crippen MR) is 79.6 cm³/mol. The third-order valence-electron chi connectivity index (χ3n) is 2.93. The number of nitriles is 1. The Morgan fingerprint density at radius 1 is 1.41 bits per heavy atom. The average Bonchev–Trinajstić information content (AvgIpc) is 3.01. The molecule has 2 aromatic heterocycles. The molecule has 0 saturated carbocycles. The van der Waals surface area contributed by atoms with Gasteiger partial charge in [0.2, 0.25) is 0 Å². The minimum atomic E-state index is -0.565. The predicted octanol–water partition coefficient (Wildman–Crippen LogP) is 1.98. The summed E-state index contributed by atoms with van der Waals surface area (Å²) in [6.45, 7) is -0.0980. The van der Waals surface area contributed by atoms with E-state index in [-0.39, 0.29) is 17.7 Å². The number of aromatic nitrogens is 2. The van der Waals surface area contributed by atoms with Crippen molar-refractivity contribution in [2.24, 2.45) is 0 Å². The summed E-state index contributed by atoms with van der Waals surface area (Å²) >= 11 is 1.33. The fourth-order valence-electron chi connectivity index (χ4n) is 1.90. The topological polar surface area (TPSA) is 84.5 Å². The van der Waals surface area contributed by atoms with Gasteiger partial charge in [0, 0.05) is 17.6 Å². The van der Waals surface area contributed by atoms with Crippen LogP contribution in [0.25, 0.3) is 4.96 Å². The van der Waals surface area contributed by atoms with Crippen LogP contribution in [0.4, 0.5) is 0 Å². The van der Waals surface area contributed by atoms with Crippen LogP contribution in [-0.4, -0.2) is 15.4 Å². The molecule has 0 aliphatic rings. The molecule has 0 unspecified atom stereocenters. The molecule has 0 saturated heterocycles. The van der Waals surface area contributed by atoms with Crippen molar-refractivity contribution in [2.75, 3.05) is 0 Å². The quantitative estimate of drug-likeness (QED) is 0.691. The third kappa shape index (κ3) is 2.73. The summed E-state index contributed by atoms with van der Waals surface area (Å²) in [5.74, 6) is -0.565. The lowest BCUT2D eigenvalue weighted by atomic mass is 10.1. The lowest BCUT2D eigenvalue weighted by Gasteiger charge is -2.04. The highest BCUT2D eigenvalue weighted by atomic mass is 32.1. The van der Waals surface area contributed by atoms with Crippen molar-refractivity contribution in [1.82, 2.24) is 9.38 Å². The van der Waals surface area contributed by atoms with Crippen LogP contribution in [0.3, 0.4) is 0 Å². The summed E-state index contributed by atoms with van der Waals surface area (Å²) in [5.41, 5.74) is 0.833. The fourth-order valence-corrected chi connectivity index (χ4v) is 2.64. The Bertz CT molecular complexity index is 952. The first-order valence-corrected chi connectivity index (χ1v) is 7.18. The molecular weight excluding hydrogens is 302 g/mol. The zero-order valence-corrected chi connectivity index (χ0v) is 12.0. The maximum Gasteiger partial charge on any atom is 0.338 e. The Morgan fingerprint density at radius 3 is 3.09 bits per heavy atom. The lowest BCUT2D eigenvalue weighted by molar-refractivity contribution is 0.0467. The molecule has 0 spiro atoms. The number of rotatable bonds is 3. The van der Waals surface area contributed by atoms with Crippen LogP contribution in [-0.2, 0) is 11.3 Å². The van der Waals surface area contributed by atoms with Crippen LogP contribution < -0.4 is 5.56 Å². The number of hydrogen-bond acceptors (Lipinski definition) is 6. The molecule has 0 bridgehead atoms. The monoisotopic (exact) mass is 311 g/mol. The molecule has 0 N–H and O–H groups in total. The molecule has 0 fully saturated rings. The second-order valence-electron chi connectivity index (χ2n) is 4.41. The summed E-state index contributed by atoms with van der Waals surface area (Å²) in [7, 11) is 0. The minimum Gasteiger partial charge on any atom is -0.456 e. The molecular formula is C15H9N3O3S. The van der Waals surface area contributed by atoms with Gasteiger partial charge in [-0.1, -0.05) is 6.07 Å². The highest BCUT2D eigenvalue weighted by Gasteiger charge is 2.10. The van der Waals surface area contributed by atoms with Crippen molar-refractivity contribution >= 4 is 22.3 Å². The first-order chi connectivity index (χ1) is 10.7. The van der Waals surface area contributed by atoms with E-state index in [0.717, 1.165) is 0 Å². The Morgan fingerprint density at radius 2 is 2.27 bits per heavy atom. The molecule has 3 aromatic rings. The Hall–Kier alpha value is -2.98. The second kappa shape index (κ2) is 5.79. The molecule has 0 aliphatic carbocycles. The van der Waals surface area contributed by atoms with Gasteiger partial charge < -0.3 is 4.74 Å². The summed E-state index contributed by atoms with van der Waals surface area (Å²) in [5, 5.41) is 10.6. The van der Waals surface area contributed by atoms with E-state index in [1.807, 2.05) is 6.07 Å². The first-order valence-electron chi connectivity index (χ1n) is 6.30. The lowest BCUT2D eigenvalue weighted by Crippen LogP contribution is -2.14. The van der Waals surface area contributed by atoms with Crippen molar-refractivity contribution in [3.63, 3.8) is 0 Å². The van der Waals surface area contributed by atoms with Gasteiger partial charge in [-0.3, -0.25) is 9.20 Å². The number of thiazole rings is 1. The Labute approximate surface area is 128 Å². The molecule has 0 aliphatic heterocycles. The Balaban J connectivity index is 1.77. The van der Waals surface area contributed by atoms with Gasteiger partial charge in [0.15, 0.2) is 4.96 Å². The van der Waals surface area contributed by atoms with Gasteiger partial charge in [0.1, 0.15) is 6.61 Å². The molecule has 3 rings (SSSR count). The maximum absolute atomic E-state index is 11.9. The van der Waals surface area contributed by atoms with Crippen LogP contribution in [0, 0.1) is 11.3 Å². The summed E-state index contributed by atoms with van der Waals surface area (Å²) in [6.07, 6.45) is 1.64. The van der Waals surface area contributed by atoms with E-state index < -0.39 is 5.97 Å². The molecule has 0 radical (unpaired) electrons. The van der Waals surface area contributed by atoms with Crippen molar-refractivity contribution in [3.05, 3.63) is 69.1 Å². The first kappa shape index (κ1) is 14.0. The smallest absolute Gasteiger partial charge is 0.338 e. The normalized spacial score (nSPS) is 10.3. The van der Waals surface area contributed by atoms with Crippen molar-refractivity contribution in [1.29, 1.82) is 5.26 Å². The van der Waals surface area contributed by atoms with Gasteiger partial charge in [-0.15, -0.1) is 11.3 Å². The van der Waals surface area contributed by atoms with Crippen LogP contribution in [0.5, 0.6) is 0 Å². The zero-order chi connectivity index (χ0) is 15.5. The minimum absolute atomic E-state index is 0.0980. The number of carbonyl (C=O) groups excluding carboxylic acids is 1. The highest BCUT2D eigenvalue weighted by Crippen LogP contribution is 2.09. The van der Waals surface area contributed by atoms with Crippen molar-refractivity contribution in [2.45, 2.75) is 6.61 Å². The van der Waals surface area contributed by atoms with E-state index in [0.29, 0.717) is 16.2 Å². The number of fused-ring (bicyclic) bond motifs is 1. The van der Waals surface area contributed by atoms with Gasteiger partial charge in [-0.05, 0) is 18.2 Å². The van der Waals surface area contributed by atoms with E-state index in [4.69, 9.17) is 10.00 Å². The van der Waals surface area contributed by atoms with E-state index >= 15 is 0 Å². The Kier molecular flexibility index (Phi) is 3.68. The molecule has 108 valence electrons. The van der Waals surface area contributed by atoms with Gasteiger partial charge in [0.25, 0.3) is 5.56 Å². The molecule has 2 heterocycles. The molecule has 1 aromatic carbocycles. The number of benzene rings is 1. The van der Waals surface area contributed by atoms with Gasteiger partial charge in [-0.25, -0.2) is 9.78 Å². The number of ether oxygens (including phenoxy) is 1. The number of esters is 1. The van der Waals surface area contributed by atoms with Crippen LogP contribution in [0.2, 0.25) is 0 Å². The summed E-state index contributed by atoms with van der Waals surface area (Å²) in [6, 6.07) is 9.51. The van der Waals surface area contributed by atoms with Crippen molar-refractivity contribution < 1.29 is 9.53 Å². The van der Waals surface area contributed by atoms with Gasteiger partial charge >= 0.3 is 5.97 Å². The van der Waals surface area contributed by atoms with Gasteiger partial charge in [0.05, 0.1) is 22.9 Å². The summed E-state index contributed by atoms with van der Waals surface area (Å²) < 4.78 is 6.56. The van der Waals surface area contributed by atoms with Crippen LogP contribution in [0.1, 0.15) is 21.6 Å².